The van der Waals surface area contributed by atoms with Gasteiger partial charge in [-0.25, -0.2) is 9.37 Å². The third-order valence-corrected chi connectivity index (χ3v) is 7.41. The number of anilines is 1. The van der Waals surface area contributed by atoms with Crippen LogP contribution in [0, 0.1) is 17.7 Å². The molecule has 1 heterocycles. The van der Waals surface area contributed by atoms with Gasteiger partial charge in [-0.05, 0) is 68.6 Å². The molecule has 5 rings (SSSR count). The Hall–Kier alpha value is -2.45. The zero-order valence-corrected chi connectivity index (χ0v) is 18.5. The van der Waals surface area contributed by atoms with Crippen molar-refractivity contribution >= 4 is 29.1 Å². The number of amides is 2. The molecule has 0 radical (unpaired) electrons. The van der Waals surface area contributed by atoms with Gasteiger partial charge in [-0.3, -0.25) is 9.59 Å². The van der Waals surface area contributed by atoms with Gasteiger partial charge in [-0.15, -0.1) is 0 Å². The molecule has 0 bridgehead atoms. The Morgan fingerprint density at radius 1 is 1.25 bits per heavy atom. The molecular formula is C23H26ClFN4O3. The van der Waals surface area contributed by atoms with Gasteiger partial charge in [0.25, 0.3) is 11.8 Å². The summed E-state index contributed by atoms with van der Waals surface area (Å²) < 4.78 is 15.1. The maximum absolute atomic E-state index is 13.4. The first-order valence-electron chi connectivity index (χ1n) is 11.0. The molecule has 2 aromatic rings. The summed E-state index contributed by atoms with van der Waals surface area (Å²) in [6.45, 7) is 0. The van der Waals surface area contributed by atoms with E-state index < -0.39 is 11.4 Å². The normalized spacial score (nSPS) is 29.1. The molecule has 0 spiro atoms. The van der Waals surface area contributed by atoms with Crippen LogP contribution in [0.15, 0.2) is 24.5 Å². The first-order chi connectivity index (χ1) is 15.2. The number of carbonyl (C=O) groups excluding carboxylic acids is 2. The number of fused-ring (bicyclic) bond motifs is 1. The molecule has 2 unspecified atom stereocenters. The van der Waals surface area contributed by atoms with Gasteiger partial charge in [0, 0.05) is 24.7 Å². The van der Waals surface area contributed by atoms with Crippen molar-refractivity contribution in [3.05, 3.63) is 46.8 Å². The van der Waals surface area contributed by atoms with E-state index in [-0.39, 0.29) is 40.6 Å². The predicted molar refractivity (Wildman–Crippen MR) is 117 cm³/mol. The van der Waals surface area contributed by atoms with Gasteiger partial charge in [0.05, 0.1) is 17.0 Å². The largest absolute Gasteiger partial charge is 0.380 e. The number of hydrogen-bond donors (Lipinski definition) is 3. The maximum atomic E-state index is 13.4. The number of benzene rings is 1. The molecule has 7 nitrogen and oxygen atoms in total. The van der Waals surface area contributed by atoms with E-state index in [0.717, 1.165) is 31.4 Å². The molecule has 3 aliphatic rings. The van der Waals surface area contributed by atoms with Crippen LogP contribution in [0.3, 0.4) is 0 Å². The van der Waals surface area contributed by atoms with E-state index in [1.54, 1.807) is 17.9 Å². The van der Waals surface area contributed by atoms with Crippen LogP contribution < -0.4 is 10.6 Å². The second-order valence-corrected chi connectivity index (χ2v) is 9.96. The van der Waals surface area contributed by atoms with E-state index in [1.807, 2.05) is 0 Å². The van der Waals surface area contributed by atoms with Gasteiger partial charge in [0.15, 0.2) is 0 Å². The van der Waals surface area contributed by atoms with Crippen LogP contribution in [-0.2, 0) is 11.8 Å². The van der Waals surface area contributed by atoms with Gasteiger partial charge in [-0.1, -0.05) is 11.6 Å². The van der Waals surface area contributed by atoms with Gasteiger partial charge in [0.2, 0.25) is 0 Å². The van der Waals surface area contributed by atoms with Gasteiger partial charge in [0.1, 0.15) is 17.1 Å². The van der Waals surface area contributed by atoms with E-state index in [1.165, 1.54) is 18.2 Å². The molecule has 1 aromatic carbocycles. The van der Waals surface area contributed by atoms with Crippen molar-refractivity contribution in [2.75, 3.05) is 5.32 Å². The lowest BCUT2D eigenvalue weighted by molar-refractivity contribution is -0.140. The lowest BCUT2D eigenvalue weighted by Gasteiger charge is -2.23. The van der Waals surface area contributed by atoms with E-state index in [2.05, 4.69) is 15.6 Å². The Bertz CT molecular complexity index is 1070. The number of imidazole rings is 1. The van der Waals surface area contributed by atoms with Gasteiger partial charge in [-0.2, -0.15) is 0 Å². The summed E-state index contributed by atoms with van der Waals surface area (Å²) in [5.74, 6) is -0.580. The monoisotopic (exact) mass is 460 g/mol. The number of halogens is 2. The van der Waals surface area contributed by atoms with Crippen LogP contribution >= 0.6 is 11.6 Å². The van der Waals surface area contributed by atoms with Gasteiger partial charge >= 0.3 is 0 Å². The van der Waals surface area contributed by atoms with Crippen molar-refractivity contribution in [2.45, 2.75) is 56.1 Å². The minimum absolute atomic E-state index is 0.0603. The fourth-order valence-corrected chi connectivity index (χ4v) is 5.59. The van der Waals surface area contributed by atoms with Crippen molar-refractivity contribution in [1.82, 2.24) is 14.9 Å². The van der Waals surface area contributed by atoms with Crippen LogP contribution in [0.5, 0.6) is 0 Å². The Morgan fingerprint density at radius 3 is 2.56 bits per heavy atom. The topological polar surface area (TPSA) is 96.2 Å². The lowest BCUT2D eigenvalue weighted by Crippen LogP contribution is -2.46. The van der Waals surface area contributed by atoms with Crippen molar-refractivity contribution in [3.63, 3.8) is 0 Å². The highest BCUT2D eigenvalue weighted by molar-refractivity contribution is 6.31. The highest BCUT2D eigenvalue weighted by Crippen LogP contribution is 2.54. The first-order valence-corrected chi connectivity index (χ1v) is 11.4. The van der Waals surface area contributed by atoms with E-state index >= 15 is 0 Å². The maximum Gasteiger partial charge on any atom is 0.274 e. The highest BCUT2D eigenvalue weighted by Gasteiger charge is 2.53. The van der Waals surface area contributed by atoms with Crippen molar-refractivity contribution in [2.24, 2.45) is 18.9 Å². The van der Waals surface area contributed by atoms with Crippen LogP contribution in [0.1, 0.15) is 60.6 Å². The molecule has 9 heteroatoms. The summed E-state index contributed by atoms with van der Waals surface area (Å²) in [4.78, 5) is 30.0. The predicted octanol–water partition coefficient (Wildman–Crippen LogP) is 3.38. The smallest absolute Gasteiger partial charge is 0.274 e. The number of rotatable bonds is 5. The van der Waals surface area contributed by atoms with Gasteiger partial charge < -0.3 is 20.3 Å². The number of nitrogens with zero attached hydrogens (tertiary/aromatic N) is 2. The number of hydrogen-bond acceptors (Lipinski definition) is 4. The highest BCUT2D eigenvalue weighted by atomic mass is 35.5. The molecule has 32 heavy (non-hydrogen) atoms. The third-order valence-electron chi connectivity index (χ3n) is 7.12. The summed E-state index contributed by atoms with van der Waals surface area (Å²) in [5.41, 5.74) is 0.300. The lowest BCUT2D eigenvalue weighted by atomic mass is 9.91. The molecule has 3 fully saturated rings. The number of aryl methyl sites for hydroxylation is 1. The number of aromatic nitrogens is 2. The molecule has 3 N–H and O–H groups in total. The molecule has 0 saturated heterocycles. The fourth-order valence-electron chi connectivity index (χ4n) is 5.41. The summed E-state index contributed by atoms with van der Waals surface area (Å²) >= 11 is 5.83. The zero-order valence-electron chi connectivity index (χ0n) is 17.8. The molecule has 2 amide bonds. The fraction of sp³-hybridized carbons (Fsp3) is 0.522. The second kappa shape index (κ2) is 7.85. The van der Waals surface area contributed by atoms with E-state index in [9.17, 15) is 19.1 Å². The second-order valence-electron chi connectivity index (χ2n) is 9.55. The molecule has 2 atom stereocenters. The SMILES string of the molecule is Cn1cnc(C2CC3CC(O)(C(=O)NC4CC4)CC3C2)c1C(=O)Nc1ccc(F)c(Cl)c1. The zero-order chi connectivity index (χ0) is 22.6. The standard InChI is InChI=1S/C23H26ClFN4O3/c1-29-11-26-19(20(29)21(30)27-16-4-5-18(25)17(24)8-16)12-6-13-9-23(32,10-14(13)7-12)22(31)28-15-2-3-15/h4-5,8,11-15,32H,2-3,6-7,9-10H2,1H3,(H,27,30)(H,28,31). The molecular weight excluding hydrogens is 435 g/mol. The number of carbonyl (C=O) groups is 2. The number of aliphatic hydroxyl groups is 1. The summed E-state index contributed by atoms with van der Waals surface area (Å²) in [7, 11) is 1.76. The van der Waals surface area contributed by atoms with E-state index in [0.29, 0.717) is 24.2 Å². The quantitative estimate of drug-likeness (QED) is 0.637. The Kier molecular flexibility index (Phi) is 5.25. The average Bonchev–Trinajstić information content (AvgIpc) is 3.19. The molecule has 0 aliphatic heterocycles. The Balaban J connectivity index is 1.29. The molecule has 3 saturated carbocycles. The Morgan fingerprint density at radius 2 is 1.94 bits per heavy atom. The van der Waals surface area contributed by atoms with Crippen molar-refractivity contribution in [1.29, 1.82) is 0 Å². The Labute approximate surface area is 190 Å². The van der Waals surface area contributed by atoms with Crippen LogP contribution in [0.2, 0.25) is 5.02 Å². The van der Waals surface area contributed by atoms with Crippen molar-refractivity contribution in [3.8, 4) is 0 Å². The molecule has 1 aromatic heterocycles. The molecule has 3 aliphatic carbocycles. The first kappa shape index (κ1) is 21.4. The third kappa shape index (κ3) is 3.90. The summed E-state index contributed by atoms with van der Waals surface area (Å²) in [6, 6.07) is 4.27. The minimum Gasteiger partial charge on any atom is -0.380 e. The number of nitrogens with one attached hydrogen (secondary N) is 2. The van der Waals surface area contributed by atoms with Crippen molar-refractivity contribution < 1.29 is 19.1 Å². The average molecular weight is 461 g/mol. The summed E-state index contributed by atoms with van der Waals surface area (Å²) in [5, 5.41) is 16.6. The van der Waals surface area contributed by atoms with Crippen LogP contribution in [0.25, 0.3) is 0 Å². The minimum atomic E-state index is -1.28. The summed E-state index contributed by atoms with van der Waals surface area (Å²) in [6.07, 6.45) is 6.07. The van der Waals surface area contributed by atoms with E-state index in [4.69, 9.17) is 11.6 Å². The molecule has 170 valence electrons. The van der Waals surface area contributed by atoms with Crippen LogP contribution in [0.4, 0.5) is 10.1 Å². The van der Waals surface area contributed by atoms with Crippen LogP contribution in [-0.4, -0.2) is 38.1 Å².